The number of aliphatic imine (C=N–C) groups is 1. The van der Waals surface area contributed by atoms with Gasteiger partial charge in [-0.25, -0.2) is 4.99 Å². The molecule has 7 nitrogen and oxygen atoms in total. The van der Waals surface area contributed by atoms with Crippen LogP contribution in [0.1, 0.15) is 70.2 Å². The van der Waals surface area contributed by atoms with Crippen molar-refractivity contribution < 1.29 is 9.32 Å². The fourth-order valence-corrected chi connectivity index (χ4v) is 3.86. The van der Waals surface area contributed by atoms with Gasteiger partial charge in [-0.1, -0.05) is 31.8 Å². The largest absolute Gasteiger partial charge is 0.359 e. The van der Waals surface area contributed by atoms with Crippen molar-refractivity contribution in [3.05, 3.63) is 17.5 Å². The van der Waals surface area contributed by atoms with E-state index >= 15 is 0 Å². The SMILES string of the molecule is CCNC(=NCc1cc(C(C)C)no1)NC1CCN(C(=O)C2CCCC2)C1.I. The zero-order chi connectivity index (χ0) is 19.2. The molecule has 0 aromatic carbocycles. The Bertz CT molecular complexity index is 655. The molecule has 3 rings (SSSR count). The van der Waals surface area contributed by atoms with Crippen LogP contribution in [-0.4, -0.2) is 47.6 Å². The number of carbonyl (C=O) groups excluding carboxylic acids is 1. The van der Waals surface area contributed by atoms with Crippen LogP contribution in [-0.2, 0) is 11.3 Å². The number of carbonyl (C=O) groups is 1. The Morgan fingerprint density at radius 2 is 2.11 bits per heavy atom. The molecule has 1 atom stereocenters. The molecule has 1 aromatic rings. The third kappa shape index (κ3) is 6.09. The van der Waals surface area contributed by atoms with Crippen molar-refractivity contribution in [2.24, 2.45) is 10.9 Å². The highest BCUT2D eigenvalue weighted by molar-refractivity contribution is 14.0. The predicted molar refractivity (Wildman–Crippen MR) is 121 cm³/mol. The van der Waals surface area contributed by atoms with Crippen LogP contribution in [0.5, 0.6) is 0 Å². The molecule has 1 saturated heterocycles. The lowest BCUT2D eigenvalue weighted by Gasteiger charge is -2.21. The van der Waals surface area contributed by atoms with Crippen molar-refractivity contribution in [1.29, 1.82) is 0 Å². The number of guanidine groups is 1. The number of aromatic nitrogens is 1. The van der Waals surface area contributed by atoms with E-state index in [1.54, 1.807) is 0 Å². The van der Waals surface area contributed by atoms with E-state index in [1.807, 2.05) is 17.9 Å². The van der Waals surface area contributed by atoms with Crippen LogP contribution >= 0.6 is 24.0 Å². The van der Waals surface area contributed by atoms with Gasteiger partial charge in [0.2, 0.25) is 5.91 Å². The second-order valence-corrected chi connectivity index (χ2v) is 7.96. The number of amides is 1. The van der Waals surface area contributed by atoms with Crippen molar-refractivity contribution in [3.8, 4) is 0 Å². The van der Waals surface area contributed by atoms with E-state index in [0.717, 1.165) is 56.3 Å². The fourth-order valence-electron chi connectivity index (χ4n) is 3.86. The zero-order valence-electron chi connectivity index (χ0n) is 17.2. The van der Waals surface area contributed by atoms with E-state index in [0.29, 0.717) is 18.4 Å². The van der Waals surface area contributed by atoms with Gasteiger partial charge in [0.1, 0.15) is 6.54 Å². The lowest BCUT2D eigenvalue weighted by molar-refractivity contribution is -0.134. The smallest absolute Gasteiger partial charge is 0.225 e. The summed E-state index contributed by atoms with van der Waals surface area (Å²) in [5.41, 5.74) is 0.954. The molecule has 8 heteroatoms. The number of rotatable bonds is 6. The summed E-state index contributed by atoms with van der Waals surface area (Å²) in [4.78, 5) is 19.3. The fraction of sp³-hybridized carbons (Fsp3) is 0.750. The summed E-state index contributed by atoms with van der Waals surface area (Å²) in [7, 11) is 0. The molecule has 2 heterocycles. The van der Waals surface area contributed by atoms with E-state index in [4.69, 9.17) is 4.52 Å². The molecular weight excluding hydrogens is 469 g/mol. The van der Waals surface area contributed by atoms with Crippen molar-refractivity contribution in [1.82, 2.24) is 20.7 Å². The van der Waals surface area contributed by atoms with Gasteiger partial charge in [0, 0.05) is 37.7 Å². The molecule has 1 amide bonds. The number of halogens is 1. The van der Waals surface area contributed by atoms with Gasteiger partial charge in [-0.05, 0) is 32.1 Å². The second-order valence-electron chi connectivity index (χ2n) is 7.96. The topological polar surface area (TPSA) is 82.8 Å². The van der Waals surface area contributed by atoms with Crippen LogP contribution in [0.2, 0.25) is 0 Å². The summed E-state index contributed by atoms with van der Waals surface area (Å²) in [6.07, 6.45) is 5.48. The highest BCUT2D eigenvalue weighted by atomic mass is 127. The van der Waals surface area contributed by atoms with Crippen molar-refractivity contribution in [2.75, 3.05) is 19.6 Å². The Kier molecular flexibility index (Phi) is 9.04. The molecule has 1 aliphatic heterocycles. The van der Waals surface area contributed by atoms with Crippen molar-refractivity contribution >= 4 is 35.8 Å². The molecular formula is C20H34IN5O2. The van der Waals surface area contributed by atoms with Gasteiger partial charge in [-0.15, -0.1) is 24.0 Å². The van der Waals surface area contributed by atoms with E-state index < -0.39 is 0 Å². The number of likely N-dealkylation sites (tertiary alicyclic amines) is 1. The zero-order valence-corrected chi connectivity index (χ0v) is 19.6. The van der Waals surface area contributed by atoms with Crippen molar-refractivity contribution in [2.45, 2.75) is 71.4 Å². The first-order valence-corrected chi connectivity index (χ1v) is 10.4. The Morgan fingerprint density at radius 3 is 2.75 bits per heavy atom. The molecule has 0 bridgehead atoms. The maximum Gasteiger partial charge on any atom is 0.225 e. The van der Waals surface area contributed by atoms with Gasteiger partial charge in [0.25, 0.3) is 0 Å². The summed E-state index contributed by atoms with van der Waals surface area (Å²) in [5, 5.41) is 10.8. The minimum Gasteiger partial charge on any atom is -0.359 e. The van der Waals surface area contributed by atoms with Gasteiger partial charge in [0.05, 0.1) is 5.69 Å². The number of nitrogens with zero attached hydrogens (tertiary/aromatic N) is 3. The average Bonchev–Trinajstić information content (AvgIpc) is 3.40. The average molecular weight is 503 g/mol. The molecule has 1 aromatic heterocycles. The molecule has 2 N–H and O–H groups in total. The molecule has 2 fully saturated rings. The van der Waals surface area contributed by atoms with E-state index in [-0.39, 0.29) is 35.9 Å². The first-order chi connectivity index (χ1) is 13.1. The highest BCUT2D eigenvalue weighted by Crippen LogP contribution is 2.27. The Labute approximate surface area is 185 Å². The molecule has 2 aliphatic rings. The third-order valence-electron chi connectivity index (χ3n) is 5.45. The van der Waals surface area contributed by atoms with Gasteiger partial charge >= 0.3 is 0 Å². The molecule has 1 unspecified atom stereocenters. The lowest BCUT2D eigenvalue weighted by Crippen LogP contribution is -2.45. The van der Waals surface area contributed by atoms with Crippen LogP contribution in [0.4, 0.5) is 0 Å². The predicted octanol–water partition coefficient (Wildman–Crippen LogP) is 3.26. The molecule has 1 saturated carbocycles. The molecule has 28 heavy (non-hydrogen) atoms. The van der Waals surface area contributed by atoms with E-state index in [2.05, 4.69) is 34.6 Å². The van der Waals surface area contributed by atoms with Crippen LogP contribution in [0.25, 0.3) is 0 Å². The summed E-state index contributed by atoms with van der Waals surface area (Å²) in [6, 6.07) is 2.21. The second kappa shape index (κ2) is 11.0. The normalized spacial score (nSPS) is 20.5. The van der Waals surface area contributed by atoms with Crippen LogP contribution in [0.15, 0.2) is 15.6 Å². The standard InChI is InChI=1S/C20H33N5O2.HI/c1-4-21-20(22-12-17-11-18(14(2)3)24-27-17)23-16-9-10-25(13-16)19(26)15-7-5-6-8-15;/h11,14-16H,4-10,12-13H2,1-3H3,(H2,21,22,23);1H. The first kappa shape index (κ1) is 23.0. The first-order valence-electron chi connectivity index (χ1n) is 10.4. The third-order valence-corrected chi connectivity index (χ3v) is 5.45. The molecule has 0 radical (unpaired) electrons. The van der Waals surface area contributed by atoms with E-state index in [9.17, 15) is 4.79 Å². The van der Waals surface area contributed by atoms with Crippen LogP contribution in [0, 0.1) is 5.92 Å². The maximum absolute atomic E-state index is 12.6. The monoisotopic (exact) mass is 503 g/mol. The molecule has 158 valence electrons. The Morgan fingerprint density at radius 1 is 1.36 bits per heavy atom. The van der Waals surface area contributed by atoms with Gasteiger partial charge in [-0.2, -0.15) is 0 Å². The molecule has 0 spiro atoms. The highest BCUT2D eigenvalue weighted by Gasteiger charge is 2.32. The van der Waals surface area contributed by atoms with Gasteiger partial charge < -0.3 is 20.1 Å². The summed E-state index contributed by atoms with van der Waals surface area (Å²) < 4.78 is 5.36. The lowest BCUT2D eigenvalue weighted by atomic mass is 10.1. The van der Waals surface area contributed by atoms with Crippen LogP contribution < -0.4 is 10.6 Å². The van der Waals surface area contributed by atoms with Crippen LogP contribution in [0.3, 0.4) is 0 Å². The Hall–Kier alpha value is -1.32. The van der Waals surface area contributed by atoms with E-state index in [1.165, 1.54) is 12.8 Å². The Balaban J connectivity index is 0.00000280. The minimum absolute atomic E-state index is 0. The van der Waals surface area contributed by atoms with Gasteiger partial charge in [0.15, 0.2) is 11.7 Å². The quantitative estimate of drug-likeness (QED) is 0.354. The number of hydrogen-bond acceptors (Lipinski definition) is 4. The molecule has 1 aliphatic carbocycles. The van der Waals surface area contributed by atoms with Crippen molar-refractivity contribution in [3.63, 3.8) is 0 Å². The number of hydrogen-bond donors (Lipinski definition) is 2. The number of nitrogens with one attached hydrogen (secondary N) is 2. The summed E-state index contributed by atoms with van der Waals surface area (Å²) in [6.45, 7) is 9.08. The summed E-state index contributed by atoms with van der Waals surface area (Å²) in [5.74, 6) is 2.48. The maximum atomic E-state index is 12.6. The minimum atomic E-state index is 0. The summed E-state index contributed by atoms with van der Waals surface area (Å²) >= 11 is 0. The van der Waals surface area contributed by atoms with Gasteiger partial charge in [-0.3, -0.25) is 4.79 Å².